The summed E-state index contributed by atoms with van der Waals surface area (Å²) < 4.78 is 117. The van der Waals surface area contributed by atoms with Crippen LogP contribution in [0.5, 0.6) is 0 Å². The third-order valence-electron chi connectivity index (χ3n) is 0.667. The van der Waals surface area contributed by atoms with Gasteiger partial charge in [0.1, 0.15) is 0 Å². The molecule has 0 heterocycles. The second-order valence-electron chi connectivity index (χ2n) is 2.64. The van der Waals surface area contributed by atoms with Crippen LogP contribution < -0.4 is 51.4 Å². The first kappa shape index (κ1) is 30.1. The zero-order valence-corrected chi connectivity index (χ0v) is 13.9. The maximum Gasteiger partial charge on any atom is 1.00 e. The van der Waals surface area contributed by atoms with Gasteiger partial charge >= 0.3 is 73.1 Å². The van der Waals surface area contributed by atoms with Gasteiger partial charge in [-0.3, -0.25) is 0 Å². The molecule has 0 unspecified atom stereocenters. The van der Waals surface area contributed by atoms with Crippen molar-refractivity contribution in [2.24, 2.45) is 0 Å². The summed E-state index contributed by atoms with van der Waals surface area (Å²) in [5.74, 6) is 0. The van der Waals surface area contributed by atoms with E-state index in [4.69, 9.17) is 0 Å². The second-order valence-corrected chi connectivity index (χ2v) is 2.64. The van der Waals surface area contributed by atoms with Gasteiger partial charge in [0.2, 0.25) is 0 Å². The van der Waals surface area contributed by atoms with Gasteiger partial charge in [0, 0.05) is 0 Å². The Hall–Kier alpha value is 0.211. The number of benzene rings is 1. The van der Waals surface area contributed by atoms with Crippen molar-refractivity contribution in [3.05, 3.63) is 36.4 Å². The van der Waals surface area contributed by atoms with Crippen LogP contribution >= 0.6 is 0 Å². The second kappa shape index (κ2) is 14.8. The molecule has 1 aromatic rings. The van der Waals surface area contributed by atoms with Crippen molar-refractivity contribution in [2.45, 2.75) is 0 Å². The first-order valence-electron chi connectivity index (χ1n) is 4.62. The molecular weight excluding hydrogens is 372 g/mol. The molecule has 0 fully saturated rings. The quantitative estimate of drug-likeness (QED) is 0.482. The van der Waals surface area contributed by atoms with E-state index in [9.17, 15) is 51.8 Å². The maximum atomic E-state index is 9.75. The van der Waals surface area contributed by atoms with Gasteiger partial charge in [-0.15, -0.1) is 0 Å². The van der Waals surface area contributed by atoms with Crippen LogP contribution in [0.15, 0.2) is 36.4 Å². The van der Waals surface area contributed by atoms with Crippen LogP contribution in [0.4, 0.5) is 51.8 Å². The molecule has 0 aliphatic heterocycles. The van der Waals surface area contributed by atoms with E-state index in [-0.39, 0.29) is 51.4 Å². The summed E-state index contributed by atoms with van der Waals surface area (Å²) in [4.78, 5) is 0. The zero-order valence-electron chi connectivity index (χ0n) is 10.7. The van der Waals surface area contributed by atoms with Crippen molar-refractivity contribution < 1.29 is 103 Å². The van der Waals surface area contributed by atoms with Crippen LogP contribution in [0.3, 0.4) is 0 Å². The van der Waals surface area contributed by atoms with Gasteiger partial charge in [0.25, 0.3) is 0 Å². The van der Waals surface area contributed by atoms with Crippen LogP contribution in [0.25, 0.3) is 0 Å². The fraction of sp³-hybridized carbons (Fsp3) is 0. The minimum atomic E-state index is -6.00. The molecular formula is C6H6B3F12K-2. The number of hydrogen-bond acceptors (Lipinski definition) is 0. The standard InChI is InChI=1S/C6H6.3BF4.K/c1-2-4-6-5-3-1;3*2-1(3,4)5;/h1-6H;;;;/q;3*-1;+1. The molecule has 0 amide bonds. The summed E-state index contributed by atoms with van der Waals surface area (Å²) in [7, 11) is -18.0. The smallest absolute Gasteiger partial charge is 0.418 e. The molecule has 0 atom stereocenters. The Morgan fingerprint density at radius 1 is 0.318 bits per heavy atom. The SMILES string of the molecule is F[B-](F)(F)F.F[B-](F)(F)F.F[B-](F)(F)F.[K+].c1ccccc1. The minimum absolute atomic E-state index is 0. The number of halogens is 12. The van der Waals surface area contributed by atoms with E-state index in [0.717, 1.165) is 0 Å². The predicted octanol–water partition coefficient (Wildman–Crippen LogP) is 2.59. The summed E-state index contributed by atoms with van der Waals surface area (Å²) in [6, 6.07) is 12.0. The molecule has 0 nitrogen and oxygen atoms in total. The summed E-state index contributed by atoms with van der Waals surface area (Å²) in [6.07, 6.45) is 0. The minimum Gasteiger partial charge on any atom is -0.418 e. The Morgan fingerprint density at radius 2 is 0.364 bits per heavy atom. The van der Waals surface area contributed by atoms with Crippen LogP contribution in [-0.4, -0.2) is 21.8 Å². The van der Waals surface area contributed by atoms with E-state index in [0.29, 0.717) is 0 Å². The van der Waals surface area contributed by atoms with Crippen molar-refractivity contribution in [2.75, 3.05) is 0 Å². The molecule has 0 aliphatic carbocycles. The molecule has 1 aromatic carbocycles. The van der Waals surface area contributed by atoms with E-state index < -0.39 is 21.8 Å². The fourth-order valence-electron chi connectivity index (χ4n) is 0.385. The summed E-state index contributed by atoms with van der Waals surface area (Å²) in [5.41, 5.74) is 0. The predicted molar refractivity (Wildman–Crippen MR) is 57.0 cm³/mol. The van der Waals surface area contributed by atoms with Gasteiger partial charge in [0.05, 0.1) is 0 Å². The molecule has 0 spiro atoms. The normalized spacial score (nSPS) is 10.4. The van der Waals surface area contributed by atoms with Crippen molar-refractivity contribution in [3.8, 4) is 0 Å². The largest absolute Gasteiger partial charge is 1.00 e. The third-order valence-corrected chi connectivity index (χ3v) is 0.667. The summed E-state index contributed by atoms with van der Waals surface area (Å²) >= 11 is 0. The van der Waals surface area contributed by atoms with Crippen LogP contribution in [0, 0.1) is 0 Å². The van der Waals surface area contributed by atoms with Gasteiger partial charge < -0.3 is 51.8 Å². The maximum absolute atomic E-state index is 9.75. The van der Waals surface area contributed by atoms with Gasteiger partial charge in [-0.2, -0.15) is 0 Å². The zero-order chi connectivity index (χ0) is 17.7. The average molecular weight is 378 g/mol. The molecule has 0 radical (unpaired) electrons. The molecule has 0 N–H and O–H groups in total. The van der Waals surface area contributed by atoms with Crippen molar-refractivity contribution >= 4 is 21.8 Å². The van der Waals surface area contributed by atoms with Gasteiger partial charge in [-0.1, -0.05) is 36.4 Å². The van der Waals surface area contributed by atoms with Gasteiger partial charge in [-0.05, 0) is 0 Å². The molecule has 126 valence electrons. The van der Waals surface area contributed by atoms with Crippen LogP contribution in [0.2, 0.25) is 0 Å². The Labute approximate surface area is 160 Å². The van der Waals surface area contributed by atoms with Crippen molar-refractivity contribution in [1.29, 1.82) is 0 Å². The molecule has 16 heteroatoms. The van der Waals surface area contributed by atoms with Crippen LogP contribution in [-0.2, 0) is 0 Å². The summed E-state index contributed by atoms with van der Waals surface area (Å²) in [6.45, 7) is 0. The molecule has 0 saturated carbocycles. The first-order chi connectivity index (χ1) is 9.00. The topological polar surface area (TPSA) is 0 Å². The van der Waals surface area contributed by atoms with E-state index in [1.807, 2.05) is 36.4 Å². The number of rotatable bonds is 0. The van der Waals surface area contributed by atoms with E-state index in [1.165, 1.54) is 0 Å². The fourth-order valence-corrected chi connectivity index (χ4v) is 0.385. The Morgan fingerprint density at radius 3 is 0.409 bits per heavy atom. The molecule has 1 rings (SSSR count). The molecule has 22 heavy (non-hydrogen) atoms. The van der Waals surface area contributed by atoms with E-state index in [2.05, 4.69) is 0 Å². The van der Waals surface area contributed by atoms with Crippen molar-refractivity contribution in [1.82, 2.24) is 0 Å². The third kappa shape index (κ3) is 193. The Kier molecular flexibility index (Phi) is 20.2. The Bertz CT molecular complexity index is 249. The van der Waals surface area contributed by atoms with E-state index in [1.54, 1.807) is 0 Å². The first-order valence-corrected chi connectivity index (χ1v) is 4.62. The monoisotopic (exact) mass is 378 g/mol. The van der Waals surface area contributed by atoms with Gasteiger partial charge in [-0.25, -0.2) is 0 Å². The average Bonchev–Trinajstić information content (AvgIpc) is 2.12. The summed E-state index contributed by atoms with van der Waals surface area (Å²) in [5, 5.41) is 0. The molecule has 0 aliphatic rings. The molecule has 0 saturated heterocycles. The Balaban J connectivity index is -0.0000000973. The van der Waals surface area contributed by atoms with E-state index >= 15 is 0 Å². The molecule has 0 bridgehead atoms. The number of hydrogen-bond donors (Lipinski definition) is 0. The van der Waals surface area contributed by atoms with Crippen LogP contribution in [0.1, 0.15) is 0 Å². The molecule has 0 aromatic heterocycles. The van der Waals surface area contributed by atoms with Crippen molar-refractivity contribution in [3.63, 3.8) is 0 Å². The van der Waals surface area contributed by atoms with Gasteiger partial charge in [0.15, 0.2) is 0 Å².